The summed E-state index contributed by atoms with van der Waals surface area (Å²) in [5.41, 5.74) is 10.9. The number of hydrogen-bond donors (Lipinski definition) is 1. The first-order valence-corrected chi connectivity index (χ1v) is 12.7. The van der Waals surface area contributed by atoms with Crippen molar-refractivity contribution in [2.24, 2.45) is 0 Å². The lowest BCUT2D eigenvalue weighted by Gasteiger charge is -2.14. The van der Waals surface area contributed by atoms with Crippen molar-refractivity contribution in [2.45, 2.75) is 13.5 Å². The summed E-state index contributed by atoms with van der Waals surface area (Å²) in [5, 5.41) is 3.48. The Hall–Kier alpha value is -4.49. The minimum absolute atomic E-state index is 0.224. The van der Waals surface area contributed by atoms with E-state index in [4.69, 9.17) is 4.98 Å². The number of halogens is 1. The molecule has 180 valence electrons. The van der Waals surface area contributed by atoms with Gasteiger partial charge < -0.3 is 5.32 Å². The van der Waals surface area contributed by atoms with Gasteiger partial charge in [-0.1, -0.05) is 12.1 Å². The van der Waals surface area contributed by atoms with Crippen LogP contribution < -0.4 is 5.32 Å². The standard InChI is InChI=1S/C30H22FN5S/c1-19-11-22(5-7-26(19)31)30-25(21-6-9-28-29(12-21)37-18-36-28)13-24(17-35-30)33-14-20-4-8-27(34-15-20)23-3-2-10-32-16-23/h2-13,15-18,33H,14H2,1H3. The number of benzene rings is 2. The van der Waals surface area contributed by atoms with Gasteiger partial charge in [0.05, 0.1) is 39.0 Å². The lowest BCUT2D eigenvalue weighted by Crippen LogP contribution is -2.02. The third-order valence-electron chi connectivity index (χ3n) is 6.24. The Kier molecular flexibility index (Phi) is 6.12. The van der Waals surface area contributed by atoms with Gasteiger partial charge in [-0.25, -0.2) is 9.37 Å². The van der Waals surface area contributed by atoms with Crippen LogP contribution in [0.2, 0.25) is 0 Å². The predicted octanol–water partition coefficient (Wildman–Crippen LogP) is 7.54. The maximum Gasteiger partial charge on any atom is 0.126 e. The molecule has 7 heteroatoms. The summed E-state index contributed by atoms with van der Waals surface area (Å²) in [7, 11) is 0. The van der Waals surface area contributed by atoms with E-state index in [-0.39, 0.29) is 5.82 Å². The van der Waals surface area contributed by atoms with Gasteiger partial charge in [0.15, 0.2) is 0 Å². The van der Waals surface area contributed by atoms with E-state index < -0.39 is 0 Å². The van der Waals surface area contributed by atoms with Crippen LogP contribution in [0.5, 0.6) is 0 Å². The molecule has 1 N–H and O–H groups in total. The van der Waals surface area contributed by atoms with E-state index in [1.54, 1.807) is 36.7 Å². The van der Waals surface area contributed by atoms with Gasteiger partial charge in [0, 0.05) is 41.8 Å². The van der Waals surface area contributed by atoms with Crippen LogP contribution in [0.3, 0.4) is 0 Å². The average molecular weight is 504 g/mol. The molecule has 5 nitrogen and oxygen atoms in total. The van der Waals surface area contributed by atoms with E-state index in [2.05, 4.69) is 44.5 Å². The molecule has 0 aliphatic rings. The lowest BCUT2D eigenvalue weighted by atomic mass is 9.97. The van der Waals surface area contributed by atoms with Crippen molar-refractivity contribution < 1.29 is 4.39 Å². The molecule has 0 atom stereocenters. The van der Waals surface area contributed by atoms with Crippen molar-refractivity contribution >= 4 is 27.2 Å². The Morgan fingerprint density at radius 1 is 0.838 bits per heavy atom. The summed E-state index contributed by atoms with van der Waals surface area (Å²) in [6, 6.07) is 21.4. The molecule has 0 fully saturated rings. The highest BCUT2D eigenvalue weighted by atomic mass is 32.1. The Balaban J connectivity index is 1.31. The van der Waals surface area contributed by atoms with Crippen molar-refractivity contribution in [3.8, 4) is 33.6 Å². The van der Waals surface area contributed by atoms with Gasteiger partial charge in [0.2, 0.25) is 0 Å². The fourth-order valence-corrected chi connectivity index (χ4v) is 4.96. The maximum absolute atomic E-state index is 14.0. The third-order valence-corrected chi connectivity index (χ3v) is 7.03. The Morgan fingerprint density at radius 3 is 2.57 bits per heavy atom. The molecule has 0 amide bonds. The highest BCUT2D eigenvalue weighted by molar-refractivity contribution is 7.16. The van der Waals surface area contributed by atoms with Crippen LogP contribution in [0.15, 0.2) is 97.0 Å². The summed E-state index contributed by atoms with van der Waals surface area (Å²) < 4.78 is 15.1. The number of hydrogen-bond acceptors (Lipinski definition) is 6. The second kappa shape index (κ2) is 9.87. The van der Waals surface area contributed by atoms with Crippen LogP contribution in [-0.2, 0) is 6.54 Å². The second-order valence-electron chi connectivity index (χ2n) is 8.77. The Bertz CT molecular complexity index is 1700. The largest absolute Gasteiger partial charge is 0.380 e. The molecule has 2 aromatic carbocycles. The van der Waals surface area contributed by atoms with Gasteiger partial charge in [-0.15, -0.1) is 11.3 Å². The van der Waals surface area contributed by atoms with Gasteiger partial charge >= 0.3 is 0 Å². The van der Waals surface area contributed by atoms with Crippen molar-refractivity contribution in [1.82, 2.24) is 19.9 Å². The van der Waals surface area contributed by atoms with E-state index in [0.717, 1.165) is 55.1 Å². The number of thiazole rings is 1. The number of pyridine rings is 3. The third kappa shape index (κ3) is 4.81. The zero-order chi connectivity index (χ0) is 25.2. The number of nitrogens with zero attached hydrogens (tertiary/aromatic N) is 4. The molecule has 0 aliphatic carbocycles. The molecule has 4 aromatic heterocycles. The van der Waals surface area contributed by atoms with E-state index in [1.165, 1.54) is 6.07 Å². The fourth-order valence-electron chi connectivity index (χ4n) is 4.24. The van der Waals surface area contributed by atoms with Crippen molar-refractivity contribution in [1.29, 1.82) is 0 Å². The van der Waals surface area contributed by atoms with Gasteiger partial charge in [-0.3, -0.25) is 15.0 Å². The zero-order valence-electron chi connectivity index (χ0n) is 20.0. The number of aryl methyl sites for hydroxylation is 1. The SMILES string of the molecule is Cc1cc(-c2ncc(NCc3ccc(-c4cccnc4)nc3)cc2-c2ccc3ncsc3c2)ccc1F. The molecule has 0 saturated heterocycles. The Morgan fingerprint density at radius 2 is 1.76 bits per heavy atom. The van der Waals surface area contributed by atoms with Crippen molar-refractivity contribution in [3.63, 3.8) is 0 Å². The van der Waals surface area contributed by atoms with E-state index in [1.807, 2.05) is 48.2 Å². The van der Waals surface area contributed by atoms with Gasteiger partial charge in [0.25, 0.3) is 0 Å². The summed E-state index contributed by atoms with van der Waals surface area (Å²) >= 11 is 1.61. The first kappa shape index (κ1) is 22.9. The minimum Gasteiger partial charge on any atom is -0.380 e. The molecular formula is C30H22FN5S. The van der Waals surface area contributed by atoms with Crippen LogP contribution in [0, 0.1) is 12.7 Å². The van der Waals surface area contributed by atoms with Crippen molar-refractivity contribution in [2.75, 3.05) is 5.32 Å². The highest BCUT2D eigenvalue weighted by Crippen LogP contribution is 2.35. The van der Waals surface area contributed by atoms with Crippen LogP contribution in [-0.4, -0.2) is 19.9 Å². The normalized spacial score (nSPS) is 11.1. The quantitative estimate of drug-likeness (QED) is 0.254. The summed E-state index contributed by atoms with van der Waals surface area (Å²) in [5.74, 6) is -0.224. The molecular weight excluding hydrogens is 481 g/mol. The van der Waals surface area contributed by atoms with E-state index in [9.17, 15) is 4.39 Å². The molecule has 6 aromatic rings. The summed E-state index contributed by atoms with van der Waals surface area (Å²) in [6.45, 7) is 2.37. The number of fused-ring (bicyclic) bond motifs is 1. The molecule has 4 heterocycles. The minimum atomic E-state index is -0.224. The van der Waals surface area contributed by atoms with Crippen LogP contribution in [0.4, 0.5) is 10.1 Å². The molecule has 0 saturated carbocycles. The van der Waals surface area contributed by atoms with Crippen LogP contribution >= 0.6 is 11.3 Å². The first-order valence-electron chi connectivity index (χ1n) is 11.8. The maximum atomic E-state index is 14.0. The molecule has 0 unspecified atom stereocenters. The van der Waals surface area contributed by atoms with Crippen molar-refractivity contribution in [3.05, 3.63) is 114 Å². The van der Waals surface area contributed by atoms with Gasteiger partial charge in [-0.2, -0.15) is 0 Å². The van der Waals surface area contributed by atoms with Crippen LogP contribution in [0.25, 0.3) is 43.9 Å². The molecule has 0 bridgehead atoms. The monoisotopic (exact) mass is 503 g/mol. The molecule has 6 rings (SSSR count). The average Bonchev–Trinajstić information content (AvgIpc) is 3.42. The molecule has 37 heavy (non-hydrogen) atoms. The Labute approximate surface area is 217 Å². The van der Waals surface area contributed by atoms with Crippen LogP contribution in [0.1, 0.15) is 11.1 Å². The number of anilines is 1. The summed E-state index contributed by atoms with van der Waals surface area (Å²) in [4.78, 5) is 18.0. The topological polar surface area (TPSA) is 63.6 Å². The zero-order valence-corrected chi connectivity index (χ0v) is 20.8. The number of rotatable bonds is 6. The van der Waals surface area contributed by atoms with E-state index in [0.29, 0.717) is 12.1 Å². The van der Waals surface area contributed by atoms with E-state index >= 15 is 0 Å². The van der Waals surface area contributed by atoms with Gasteiger partial charge in [0.1, 0.15) is 5.82 Å². The molecule has 0 spiro atoms. The summed E-state index contributed by atoms with van der Waals surface area (Å²) in [6.07, 6.45) is 7.25. The lowest BCUT2D eigenvalue weighted by molar-refractivity contribution is 0.619. The second-order valence-corrected chi connectivity index (χ2v) is 9.65. The first-order chi connectivity index (χ1) is 18.1. The highest BCUT2D eigenvalue weighted by Gasteiger charge is 2.13. The molecule has 0 radical (unpaired) electrons. The fraction of sp³-hybridized carbons (Fsp3) is 0.0667. The number of aromatic nitrogens is 4. The smallest absolute Gasteiger partial charge is 0.126 e. The predicted molar refractivity (Wildman–Crippen MR) is 148 cm³/mol. The van der Waals surface area contributed by atoms with Gasteiger partial charge in [-0.05, 0) is 78.2 Å². The number of nitrogens with one attached hydrogen (secondary N) is 1. The molecule has 0 aliphatic heterocycles.